The van der Waals surface area contributed by atoms with Gasteiger partial charge in [0.25, 0.3) is 5.91 Å². The minimum atomic E-state index is -0.244. The Balaban J connectivity index is 2.15. The van der Waals surface area contributed by atoms with Crippen LogP contribution >= 0.6 is 0 Å². The molecule has 1 rings (SSSR count). The molecule has 0 aromatic carbocycles. The molecule has 1 heterocycles. The molecular formula is C12H18N4O2. The second-order valence-corrected chi connectivity index (χ2v) is 3.72. The fraction of sp³-hybridized carbons (Fsp3) is 0.417. The van der Waals surface area contributed by atoms with Crippen LogP contribution in [0.4, 0.5) is 0 Å². The molecule has 6 heteroatoms. The molecule has 0 radical (unpaired) electrons. The third-order valence-electron chi connectivity index (χ3n) is 2.19. The van der Waals surface area contributed by atoms with Crippen LogP contribution in [0, 0.1) is 0 Å². The van der Waals surface area contributed by atoms with Gasteiger partial charge in [0.05, 0.1) is 0 Å². The lowest BCUT2D eigenvalue weighted by Crippen LogP contribution is -2.39. The van der Waals surface area contributed by atoms with Crippen LogP contribution in [0.5, 0.6) is 0 Å². The highest BCUT2D eigenvalue weighted by atomic mass is 16.2. The molecule has 0 saturated heterocycles. The Morgan fingerprint density at radius 3 is 2.61 bits per heavy atom. The third-order valence-corrected chi connectivity index (χ3v) is 2.19. The van der Waals surface area contributed by atoms with Crippen LogP contribution in [0.3, 0.4) is 0 Å². The van der Waals surface area contributed by atoms with Crippen molar-refractivity contribution < 1.29 is 9.59 Å². The SMILES string of the molecule is CCCNC(=O)CCNNC(=O)c1ccncc1. The smallest absolute Gasteiger partial charge is 0.265 e. The molecule has 2 amide bonds. The molecule has 0 aliphatic heterocycles. The molecule has 0 spiro atoms. The predicted octanol–water partition coefficient (Wildman–Crippen LogP) is 0.232. The summed E-state index contributed by atoms with van der Waals surface area (Å²) in [6, 6.07) is 3.23. The van der Waals surface area contributed by atoms with Gasteiger partial charge in [0, 0.05) is 37.5 Å². The van der Waals surface area contributed by atoms with Gasteiger partial charge in [0.2, 0.25) is 5.91 Å². The van der Waals surface area contributed by atoms with E-state index in [1.165, 1.54) is 0 Å². The summed E-state index contributed by atoms with van der Waals surface area (Å²) in [4.78, 5) is 26.6. The number of carbonyl (C=O) groups is 2. The number of carbonyl (C=O) groups excluding carboxylic acids is 2. The summed E-state index contributed by atoms with van der Waals surface area (Å²) in [5.74, 6) is -0.270. The van der Waals surface area contributed by atoms with Gasteiger partial charge in [-0.05, 0) is 18.6 Å². The second kappa shape index (κ2) is 8.19. The van der Waals surface area contributed by atoms with E-state index in [2.05, 4.69) is 21.2 Å². The summed E-state index contributed by atoms with van der Waals surface area (Å²) < 4.78 is 0. The summed E-state index contributed by atoms with van der Waals surface area (Å²) in [5.41, 5.74) is 5.75. The number of hydrogen-bond acceptors (Lipinski definition) is 4. The van der Waals surface area contributed by atoms with Crippen molar-refractivity contribution in [3.63, 3.8) is 0 Å². The maximum Gasteiger partial charge on any atom is 0.265 e. The lowest BCUT2D eigenvalue weighted by molar-refractivity contribution is -0.121. The van der Waals surface area contributed by atoms with E-state index in [9.17, 15) is 9.59 Å². The molecule has 1 aromatic rings. The van der Waals surface area contributed by atoms with Crippen molar-refractivity contribution in [1.29, 1.82) is 0 Å². The molecule has 0 fully saturated rings. The van der Waals surface area contributed by atoms with Crippen LogP contribution < -0.4 is 16.2 Å². The first-order valence-electron chi connectivity index (χ1n) is 5.94. The molecule has 98 valence electrons. The number of amides is 2. The molecule has 6 nitrogen and oxygen atoms in total. The average Bonchev–Trinajstić information content (AvgIpc) is 2.42. The van der Waals surface area contributed by atoms with Crippen LogP contribution in [-0.2, 0) is 4.79 Å². The van der Waals surface area contributed by atoms with Crippen molar-refractivity contribution in [3.8, 4) is 0 Å². The summed E-state index contributed by atoms with van der Waals surface area (Å²) >= 11 is 0. The van der Waals surface area contributed by atoms with Gasteiger partial charge in [0.1, 0.15) is 0 Å². The summed E-state index contributed by atoms with van der Waals surface area (Å²) in [6.07, 6.45) is 4.34. The van der Waals surface area contributed by atoms with Crippen molar-refractivity contribution in [2.45, 2.75) is 19.8 Å². The van der Waals surface area contributed by atoms with Gasteiger partial charge in [-0.3, -0.25) is 20.0 Å². The normalized spacial score (nSPS) is 9.83. The highest BCUT2D eigenvalue weighted by Crippen LogP contribution is 1.94. The van der Waals surface area contributed by atoms with Gasteiger partial charge in [-0.2, -0.15) is 0 Å². The molecule has 1 aromatic heterocycles. The van der Waals surface area contributed by atoms with E-state index in [1.54, 1.807) is 24.5 Å². The Kier molecular flexibility index (Phi) is 6.42. The topological polar surface area (TPSA) is 83.1 Å². The van der Waals surface area contributed by atoms with E-state index in [0.717, 1.165) is 6.42 Å². The van der Waals surface area contributed by atoms with Crippen LogP contribution in [0.25, 0.3) is 0 Å². The van der Waals surface area contributed by atoms with Gasteiger partial charge in [-0.1, -0.05) is 6.92 Å². The molecule has 0 aliphatic rings. The fourth-order valence-electron chi connectivity index (χ4n) is 1.25. The number of hydrogen-bond donors (Lipinski definition) is 3. The number of aromatic nitrogens is 1. The number of nitrogens with zero attached hydrogens (tertiary/aromatic N) is 1. The summed E-state index contributed by atoms with van der Waals surface area (Å²) in [6.45, 7) is 3.07. The van der Waals surface area contributed by atoms with E-state index in [0.29, 0.717) is 25.1 Å². The lowest BCUT2D eigenvalue weighted by atomic mass is 10.3. The first-order valence-corrected chi connectivity index (χ1v) is 5.94. The largest absolute Gasteiger partial charge is 0.356 e. The zero-order chi connectivity index (χ0) is 13.2. The standard InChI is InChI=1S/C12H18N4O2/c1-2-6-14-11(17)5-9-15-16-12(18)10-3-7-13-8-4-10/h3-4,7-8,15H,2,5-6,9H2,1H3,(H,14,17)(H,16,18). The number of hydrazine groups is 1. The number of nitrogens with one attached hydrogen (secondary N) is 3. The fourth-order valence-corrected chi connectivity index (χ4v) is 1.25. The Bertz CT molecular complexity index is 381. The van der Waals surface area contributed by atoms with E-state index in [4.69, 9.17) is 0 Å². The Morgan fingerprint density at radius 2 is 1.94 bits per heavy atom. The molecule has 0 aliphatic carbocycles. The van der Waals surface area contributed by atoms with E-state index >= 15 is 0 Å². The van der Waals surface area contributed by atoms with E-state index < -0.39 is 0 Å². The average molecular weight is 250 g/mol. The lowest BCUT2D eigenvalue weighted by Gasteiger charge is -2.07. The van der Waals surface area contributed by atoms with Crippen molar-refractivity contribution in [2.24, 2.45) is 0 Å². The maximum absolute atomic E-state index is 11.6. The van der Waals surface area contributed by atoms with Crippen LogP contribution in [0.15, 0.2) is 24.5 Å². The zero-order valence-electron chi connectivity index (χ0n) is 10.4. The third kappa shape index (κ3) is 5.40. The second-order valence-electron chi connectivity index (χ2n) is 3.72. The highest BCUT2D eigenvalue weighted by molar-refractivity contribution is 5.93. The monoisotopic (exact) mass is 250 g/mol. The molecule has 0 unspecified atom stereocenters. The van der Waals surface area contributed by atoms with Gasteiger partial charge < -0.3 is 5.32 Å². The van der Waals surface area contributed by atoms with Crippen LogP contribution in [0.2, 0.25) is 0 Å². The number of pyridine rings is 1. The molecule has 18 heavy (non-hydrogen) atoms. The quantitative estimate of drug-likeness (QED) is 0.478. The van der Waals surface area contributed by atoms with Gasteiger partial charge in [0.15, 0.2) is 0 Å². The van der Waals surface area contributed by atoms with Crippen LogP contribution in [0.1, 0.15) is 30.1 Å². The number of rotatable bonds is 7. The summed E-state index contributed by atoms with van der Waals surface area (Å²) in [5, 5.41) is 2.75. The molecular weight excluding hydrogens is 232 g/mol. The maximum atomic E-state index is 11.6. The van der Waals surface area contributed by atoms with Gasteiger partial charge in [-0.25, -0.2) is 5.43 Å². The molecule has 0 saturated carbocycles. The van der Waals surface area contributed by atoms with E-state index in [1.807, 2.05) is 6.92 Å². The van der Waals surface area contributed by atoms with Gasteiger partial charge >= 0.3 is 0 Å². The van der Waals surface area contributed by atoms with Crippen molar-refractivity contribution in [3.05, 3.63) is 30.1 Å². The van der Waals surface area contributed by atoms with Crippen molar-refractivity contribution in [1.82, 2.24) is 21.2 Å². The minimum absolute atomic E-state index is 0.0255. The molecule has 3 N–H and O–H groups in total. The highest BCUT2D eigenvalue weighted by Gasteiger charge is 2.04. The zero-order valence-corrected chi connectivity index (χ0v) is 10.4. The van der Waals surface area contributed by atoms with Gasteiger partial charge in [-0.15, -0.1) is 0 Å². The first kappa shape index (κ1) is 14.1. The predicted molar refractivity (Wildman–Crippen MR) is 67.6 cm³/mol. The van der Waals surface area contributed by atoms with Crippen LogP contribution in [-0.4, -0.2) is 29.9 Å². The van der Waals surface area contributed by atoms with Crippen molar-refractivity contribution in [2.75, 3.05) is 13.1 Å². The van der Waals surface area contributed by atoms with E-state index in [-0.39, 0.29) is 11.8 Å². The molecule has 0 atom stereocenters. The molecule has 0 bridgehead atoms. The van der Waals surface area contributed by atoms with Crippen molar-refractivity contribution >= 4 is 11.8 Å². The first-order chi connectivity index (χ1) is 8.74. The Hall–Kier alpha value is -1.95. The minimum Gasteiger partial charge on any atom is -0.356 e. The summed E-state index contributed by atoms with van der Waals surface area (Å²) in [7, 11) is 0. The Morgan fingerprint density at radius 1 is 1.22 bits per heavy atom. The Labute approximate surface area is 106 Å².